The van der Waals surface area contributed by atoms with Gasteiger partial charge in [-0.25, -0.2) is 0 Å². The van der Waals surface area contributed by atoms with Gasteiger partial charge in [0.1, 0.15) is 11.8 Å². The van der Waals surface area contributed by atoms with E-state index >= 15 is 0 Å². The van der Waals surface area contributed by atoms with Crippen LogP contribution >= 0.6 is 11.3 Å². The van der Waals surface area contributed by atoms with Crippen molar-refractivity contribution in [3.63, 3.8) is 0 Å². The lowest BCUT2D eigenvalue weighted by Crippen LogP contribution is -2.87. The molecule has 3 rings (SSSR count). The monoisotopic (exact) mass is 384 g/mol. The van der Waals surface area contributed by atoms with Crippen molar-refractivity contribution in [1.29, 1.82) is 0 Å². The maximum absolute atomic E-state index is 12.3. The molecule has 27 heavy (non-hydrogen) atoms. The molecule has 3 N–H and O–H groups in total. The molecule has 2 atom stereocenters. The molecule has 2 aromatic heterocycles. The van der Waals surface area contributed by atoms with Gasteiger partial charge in [0.25, 0.3) is 5.91 Å². The molecule has 1 aromatic carbocycles. The lowest BCUT2D eigenvalue weighted by atomic mass is 9.95. The zero-order chi connectivity index (χ0) is 19.2. The standard InChI is InChI=1S/C21H25N3O2S/c1-4-14(2)16-7-9-17(10-8-16)21(18-6-5-11-27-18)22-13-20(25)23-19-12-15(3)26-24-19/h5-12,14,21-22H,4,13H2,1-3H3,(H,23,24,25)/p+1/t14-,21+/m0/s1. The lowest BCUT2D eigenvalue weighted by Gasteiger charge is -2.16. The molecule has 0 unspecified atom stereocenters. The maximum atomic E-state index is 12.3. The lowest BCUT2D eigenvalue weighted by molar-refractivity contribution is -0.675. The molecule has 2 heterocycles. The third kappa shape index (κ3) is 5.05. The van der Waals surface area contributed by atoms with E-state index in [1.54, 1.807) is 24.3 Å². The summed E-state index contributed by atoms with van der Waals surface area (Å²) in [7, 11) is 0. The molecule has 1 amide bonds. The van der Waals surface area contributed by atoms with Crippen molar-refractivity contribution >= 4 is 23.1 Å². The van der Waals surface area contributed by atoms with Crippen LogP contribution in [-0.4, -0.2) is 17.6 Å². The number of carbonyl (C=O) groups excluding carboxylic acids is 1. The minimum absolute atomic E-state index is 0.0962. The van der Waals surface area contributed by atoms with E-state index in [1.807, 2.05) is 6.07 Å². The van der Waals surface area contributed by atoms with Crippen LogP contribution in [0.2, 0.25) is 0 Å². The third-order valence-corrected chi connectivity index (χ3v) is 5.72. The quantitative estimate of drug-likeness (QED) is 0.620. The third-order valence-electron chi connectivity index (χ3n) is 4.76. The van der Waals surface area contributed by atoms with Gasteiger partial charge >= 0.3 is 0 Å². The summed E-state index contributed by atoms with van der Waals surface area (Å²) in [4.78, 5) is 13.5. The first kappa shape index (κ1) is 19.3. The van der Waals surface area contributed by atoms with Gasteiger partial charge in [0, 0.05) is 11.6 Å². The molecular formula is C21H26N3O2S+. The Labute approximate surface area is 163 Å². The number of aryl methyl sites for hydroxylation is 1. The van der Waals surface area contributed by atoms with Crippen molar-refractivity contribution in [2.45, 2.75) is 39.2 Å². The summed E-state index contributed by atoms with van der Waals surface area (Å²) in [5, 5.41) is 10.7. The van der Waals surface area contributed by atoms with Gasteiger partial charge in [0.15, 0.2) is 12.4 Å². The van der Waals surface area contributed by atoms with Crippen LogP contribution in [0.25, 0.3) is 0 Å². The summed E-state index contributed by atoms with van der Waals surface area (Å²) in [6, 6.07) is 14.7. The Balaban J connectivity index is 1.69. The first-order chi connectivity index (χ1) is 13.1. The van der Waals surface area contributed by atoms with Crippen molar-refractivity contribution in [2.75, 3.05) is 11.9 Å². The number of amides is 1. The fourth-order valence-corrected chi connectivity index (χ4v) is 3.85. The van der Waals surface area contributed by atoms with E-state index in [2.05, 4.69) is 65.3 Å². The Kier molecular flexibility index (Phi) is 6.42. The summed E-state index contributed by atoms with van der Waals surface area (Å²) < 4.78 is 4.99. The van der Waals surface area contributed by atoms with Gasteiger partial charge in [0.05, 0.1) is 4.88 Å². The number of hydrogen-bond acceptors (Lipinski definition) is 4. The Hall–Kier alpha value is -2.44. The summed E-state index contributed by atoms with van der Waals surface area (Å²) in [6.45, 7) is 6.55. The Bertz CT molecular complexity index is 856. The Morgan fingerprint density at radius 2 is 2.00 bits per heavy atom. The molecule has 0 bridgehead atoms. The minimum atomic E-state index is -0.0962. The topological polar surface area (TPSA) is 71.7 Å². The van der Waals surface area contributed by atoms with Crippen LogP contribution in [0, 0.1) is 6.92 Å². The van der Waals surface area contributed by atoms with Crippen molar-refractivity contribution in [3.05, 3.63) is 69.6 Å². The number of rotatable bonds is 8. The van der Waals surface area contributed by atoms with Crippen molar-refractivity contribution in [1.82, 2.24) is 5.16 Å². The molecule has 0 aliphatic rings. The van der Waals surface area contributed by atoms with E-state index in [1.165, 1.54) is 16.0 Å². The van der Waals surface area contributed by atoms with E-state index < -0.39 is 0 Å². The van der Waals surface area contributed by atoms with Crippen LogP contribution in [0.5, 0.6) is 0 Å². The maximum Gasteiger partial charge on any atom is 0.280 e. The number of benzene rings is 1. The van der Waals surface area contributed by atoms with Crippen molar-refractivity contribution < 1.29 is 14.6 Å². The SMILES string of the molecule is CC[C@H](C)c1ccc([C@@H]([NH2+]CC(=O)Nc2cc(C)on2)c2cccs2)cc1. The molecular weight excluding hydrogens is 358 g/mol. The van der Waals surface area contributed by atoms with Crippen LogP contribution in [0.15, 0.2) is 52.4 Å². The first-order valence-electron chi connectivity index (χ1n) is 9.26. The molecule has 0 spiro atoms. The fraction of sp³-hybridized carbons (Fsp3) is 0.333. The molecule has 6 heteroatoms. The van der Waals surface area contributed by atoms with E-state index in [0.29, 0.717) is 24.0 Å². The van der Waals surface area contributed by atoms with Crippen molar-refractivity contribution in [3.8, 4) is 0 Å². The first-order valence-corrected chi connectivity index (χ1v) is 10.1. The molecule has 5 nitrogen and oxygen atoms in total. The van der Waals surface area contributed by atoms with Gasteiger partial charge in [-0.3, -0.25) is 4.79 Å². The average molecular weight is 385 g/mol. The van der Waals surface area contributed by atoms with Crippen LogP contribution in [0.4, 0.5) is 5.82 Å². The second kappa shape index (κ2) is 8.97. The summed E-state index contributed by atoms with van der Waals surface area (Å²) in [5.74, 6) is 1.59. The number of carbonyl (C=O) groups is 1. The molecule has 0 fully saturated rings. The second-order valence-electron chi connectivity index (χ2n) is 6.78. The highest BCUT2D eigenvalue weighted by molar-refractivity contribution is 7.10. The van der Waals surface area contributed by atoms with Crippen LogP contribution in [0.3, 0.4) is 0 Å². The molecule has 0 saturated heterocycles. The summed E-state index contributed by atoms with van der Waals surface area (Å²) >= 11 is 1.71. The van der Waals surface area contributed by atoms with Crippen molar-refractivity contribution in [2.24, 2.45) is 0 Å². The number of thiophene rings is 1. The molecule has 0 radical (unpaired) electrons. The zero-order valence-electron chi connectivity index (χ0n) is 15.9. The largest absolute Gasteiger partial charge is 0.360 e. The van der Waals surface area contributed by atoms with E-state index in [-0.39, 0.29) is 11.9 Å². The number of nitrogens with one attached hydrogen (secondary N) is 1. The average Bonchev–Trinajstić information content (AvgIpc) is 3.34. The summed E-state index contributed by atoms with van der Waals surface area (Å²) in [5.41, 5.74) is 2.56. The van der Waals surface area contributed by atoms with Gasteiger partial charge in [-0.1, -0.05) is 49.3 Å². The smallest absolute Gasteiger partial charge is 0.280 e. The van der Waals surface area contributed by atoms with Gasteiger partial charge in [-0.2, -0.15) is 0 Å². The summed E-state index contributed by atoms with van der Waals surface area (Å²) in [6.07, 6.45) is 1.13. The number of quaternary nitrogens is 1. The minimum Gasteiger partial charge on any atom is -0.360 e. The van der Waals surface area contributed by atoms with Crippen LogP contribution < -0.4 is 10.6 Å². The highest BCUT2D eigenvalue weighted by atomic mass is 32.1. The molecule has 0 saturated carbocycles. The Morgan fingerprint density at radius 1 is 1.26 bits per heavy atom. The molecule has 142 valence electrons. The van der Waals surface area contributed by atoms with E-state index in [4.69, 9.17) is 4.52 Å². The number of hydrogen-bond donors (Lipinski definition) is 2. The van der Waals surface area contributed by atoms with E-state index in [9.17, 15) is 4.79 Å². The van der Waals surface area contributed by atoms with Gasteiger partial charge in [-0.15, -0.1) is 11.3 Å². The second-order valence-corrected chi connectivity index (χ2v) is 7.76. The predicted octanol–water partition coefficient (Wildman–Crippen LogP) is 3.85. The highest BCUT2D eigenvalue weighted by Crippen LogP contribution is 2.25. The zero-order valence-corrected chi connectivity index (χ0v) is 16.8. The molecule has 0 aliphatic carbocycles. The van der Waals surface area contributed by atoms with E-state index in [0.717, 1.165) is 6.42 Å². The van der Waals surface area contributed by atoms with Crippen LogP contribution in [0.1, 0.15) is 54.0 Å². The van der Waals surface area contributed by atoms with Gasteiger partial charge < -0.3 is 15.2 Å². The number of aromatic nitrogens is 1. The Morgan fingerprint density at radius 3 is 2.59 bits per heavy atom. The van der Waals surface area contributed by atoms with Gasteiger partial charge in [-0.05, 0) is 36.3 Å². The van der Waals surface area contributed by atoms with Gasteiger partial charge in [0.2, 0.25) is 0 Å². The number of nitrogens with zero attached hydrogens (tertiary/aromatic N) is 1. The number of nitrogens with two attached hydrogens (primary N) is 1. The van der Waals surface area contributed by atoms with Crippen LogP contribution in [-0.2, 0) is 4.79 Å². The normalized spacial score (nSPS) is 13.3. The number of anilines is 1. The molecule has 3 aromatic rings. The predicted molar refractivity (Wildman–Crippen MR) is 108 cm³/mol. The highest BCUT2D eigenvalue weighted by Gasteiger charge is 2.20. The fourth-order valence-electron chi connectivity index (χ4n) is 3.00. The molecule has 0 aliphatic heterocycles.